The van der Waals surface area contributed by atoms with Crippen molar-refractivity contribution in [2.45, 2.75) is 0 Å². The van der Waals surface area contributed by atoms with Gasteiger partial charge in [0.15, 0.2) is 0 Å². The number of nitrogens with zero attached hydrogens (tertiary/aromatic N) is 2. The summed E-state index contributed by atoms with van der Waals surface area (Å²) < 4.78 is 4.68. The molecule has 9 aromatic rings. The van der Waals surface area contributed by atoms with E-state index in [1.54, 1.807) is 0 Å². The molecule has 0 saturated heterocycles. The normalized spacial score (nSPS) is 11.8. The van der Waals surface area contributed by atoms with Crippen LogP contribution in [0.5, 0.6) is 0 Å². The van der Waals surface area contributed by atoms with Gasteiger partial charge >= 0.3 is 0 Å². The zero-order valence-corrected chi connectivity index (χ0v) is 23.8. The van der Waals surface area contributed by atoms with Crippen molar-refractivity contribution >= 4 is 54.4 Å². The Kier molecular flexibility index (Phi) is 5.15. The van der Waals surface area contributed by atoms with Gasteiger partial charge in [-0.3, -0.25) is 0 Å². The van der Waals surface area contributed by atoms with Crippen molar-refractivity contribution in [3.8, 4) is 27.9 Å². The average Bonchev–Trinajstić information content (AvgIpc) is 3.56. The van der Waals surface area contributed by atoms with Crippen LogP contribution < -0.4 is 0 Å². The number of fused-ring (bicyclic) bond motifs is 7. The zero-order valence-electron chi connectivity index (χ0n) is 23.8. The molecule has 2 nitrogen and oxygen atoms in total. The number of aromatic nitrogens is 2. The van der Waals surface area contributed by atoms with Gasteiger partial charge in [-0.1, -0.05) is 97.1 Å². The van der Waals surface area contributed by atoms with E-state index in [4.69, 9.17) is 0 Å². The first-order valence-corrected chi connectivity index (χ1v) is 14.8. The van der Waals surface area contributed by atoms with E-state index in [0.29, 0.717) is 0 Å². The highest BCUT2D eigenvalue weighted by Crippen LogP contribution is 2.36. The summed E-state index contributed by atoms with van der Waals surface area (Å²) in [6.07, 6.45) is 0. The molecule has 0 aliphatic rings. The van der Waals surface area contributed by atoms with Gasteiger partial charge in [0.1, 0.15) is 0 Å². The molecule has 202 valence electrons. The molecule has 7 aromatic carbocycles. The first-order valence-electron chi connectivity index (χ1n) is 14.8. The second-order valence-corrected chi connectivity index (χ2v) is 11.5. The summed E-state index contributed by atoms with van der Waals surface area (Å²) in [6, 6.07) is 55.4. The van der Waals surface area contributed by atoms with Gasteiger partial charge in [-0.15, -0.1) is 0 Å². The molecule has 0 spiro atoms. The second kappa shape index (κ2) is 9.20. The number of hydrogen-bond donors (Lipinski definition) is 0. The Morgan fingerprint density at radius 1 is 0.349 bits per heavy atom. The Labute approximate surface area is 249 Å². The fraction of sp³-hybridized carbons (Fsp3) is 0.0244. The molecule has 2 aromatic heterocycles. The molecule has 0 N–H and O–H groups in total. The number of aryl methyl sites for hydroxylation is 1. The van der Waals surface area contributed by atoms with Crippen LogP contribution in [0.3, 0.4) is 0 Å². The van der Waals surface area contributed by atoms with Crippen LogP contribution in [-0.2, 0) is 7.05 Å². The Morgan fingerprint density at radius 3 is 1.49 bits per heavy atom. The van der Waals surface area contributed by atoms with Crippen molar-refractivity contribution in [2.75, 3.05) is 0 Å². The van der Waals surface area contributed by atoms with E-state index in [0.717, 1.165) is 0 Å². The molecule has 43 heavy (non-hydrogen) atoms. The average molecular weight is 549 g/mol. The number of benzene rings is 7. The minimum absolute atomic E-state index is 1.17. The second-order valence-electron chi connectivity index (χ2n) is 11.5. The van der Waals surface area contributed by atoms with Gasteiger partial charge in [-0.2, -0.15) is 0 Å². The smallest absolute Gasteiger partial charge is 0.0541 e. The molecule has 2 heterocycles. The SMILES string of the molecule is Cn1c2ccc(-c3ccc(-n4c5ccccc5c5ccccc54)cc3)cc2c2cc(-c3ccc4ccccc4c3)ccc21. The molecule has 0 atom stereocenters. The van der Waals surface area contributed by atoms with E-state index >= 15 is 0 Å². The fourth-order valence-corrected chi connectivity index (χ4v) is 6.95. The fourth-order valence-electron chi connectivity index (χ4n) is 6.95. The lowest BCUT2D eigenvalue weighted by Crippen LogP contribution is -1.93. The minimum atomic E-state index is 1.17. The van der Waals surface area contributed by atoms with Gasteiger partial charge in [-0.25, -0.2) is 0 Å². The highest BCUT2D eigenvalue weighted by molar-refractivity contribution is 6.11. The molecule has 0 amide bonds. The molecule has 0 bridgehead atoms. The molecule has 0 unspecified atom stereocenters. The minimum Gasteiger partial charge on any atom is -0.344 e. The van der Waals surface area contributed by atoms with Gasteiger partial charge < -0.3 is 9.13 Å². The van der Waals surface area contributed by atoms with E-state index in [1.165, 1.54) is 82.3 Å². The maximum atomic E-state index is 2.37. The van der Waals surface area contributed by atoms with E-state index in [1.807, 2.05) is 0 Å². The number of hydrogen-bond acceptors (Lipinski definition) is 0. The Hall–Kier alpha value is -5.60. The van der Waals surface area contributed by atoms with Crippen molar-refractivity contribution in [3.63, 3.8) is 0 Å². The lowest BCUT2D eigenvalue weighted by Gasteiger charge is -2.10. The summed E-state index contributed by atoms with van der Waals surface area (Å²) in [5.41, 5.74) is 11.1. The Morgan fingerprint density at radius 2 is 0.837 bits per heavy atom. The van der Waals surface area contributed by atoms with Crippen molar-refractivity contribution in [2.24, 2.45) is 7.05 Å². The third-order valence-corrected chi connectivity index (χ3v) is 9.13. The van der Waals surface area contributed by atoms with E-state index in [-0.39, 0.29) is 0 Å². The molecule has 0 fully saturated rings. The van der Waals surface area contributed by atoms with Gasteiger partial charge in [0, 0.05) is 45.3 Å². The van der Waals surface area contributed by atoms with Crippen molar-refractivity contribution in [1.82, 2.24) is 9.13 Å². The summed E-state index contributed by atoms with van der Waals surface area (Å²) in [7, 11) is 2.17. The molecule has 9 rings (SSSR count). The predicted molar refractivity (Wildman–Crippen MR) is 183 cm³/mol. The van der Waals surface area contributed by atoms with Crippen LogP contribution in [0.15, 0.2) is 152 Å². The van der Waals surface area contributed by atoms with Crippen molar-refractivity contribution in [3.05, 3.63) is 152 Å². The molecular formula is C41H28N2. The standard InChI is InChI=1S/C41H28N2/c1-42-38-22-18-31(25-36(38)37-26-32(19-23-39(37)42)30-15-14-27-8-2-3-9-29(27)24-30)28-16-20-33(21-17-28)43-40-12-6-4-10-34(40)35-11-5-7-13-41(35)43/h2-26H,1H3. The first-order chi connectivity index (χ1) is 21.2. The van der Waals surface area contributed by atoms with Crippen LogP contribution in [0.4, 0.5) is 0 Å². The highest BCUT2D eigenvalue weighted by Gasteiger charge is 2.14. The van der Waals surface area contributed by atoms with Crippen molar-refractivity contribution in [1.29, 1.82) is 0 Å². The van der Waals surface area contributed by atoms with Crippen molar-refractivity contribution < 1.29 is 0 Å². The molecule has 0 saturated carbocycles. The van der Waals surface area contributed by atoms with Gasteiger partial charge in [0.05, 0.1) is 11.0 Å². The van der Waals surface area contributed by atoms with Gasteiger partial charge in [-0.05, 0) is 87.6 Å². The maximum absolute atomic E-state index is 2.37. The Balaban J connectivity index is 1.15. The topological polar surface area (TPSA) is 9.86 Å². The monoisotopic (exact) mass is 548 g/mol. The quantitative estimate of drug-likeness (QED) is 0.208. The number of rotatable bonds is 3. The lowest BCUT2D eigenvalue weighted by atomic mass is 9.98. The van der Waals surface area contributed by atoms with Crippen LogP contribution in [0, 0.1) is 0 Å². The zero-order chi connectivity index (χ0) is 28.5. The van der Waals surface area contributed by atoms with Crippen LogP contribution in [0.2, 0.25) is 0 Å². The molecule has 0 aliphatic heterocycles. The molecular weight excluding hydrogens is 520 g/mol. The third-order valence-electron chi connectivity index (χ3n) is 9.13. The van der Waals surface area contributed by atoms with E-state index in [2.05, 4.69) is 168 Å². The Bertz CT molecular complexity index is 2450. The molecule has 0 aliphatic carbocycles. The molecule has 0 radical (unpaired) electrons. The lowest BCUT2D eigenvalue weighted by molar-refractivity contribution is 1.01. The number of para-hydroxylation sites is 2. The third kappa shape index (κ3) is 3.67. The van der Waals surface area contributed by atoms with Crippen LogP contribution >= 0.6 is 0 Å². The summed E-state index contributed by atoms with van der Waals surface area (Å²) in [5.74, 6) is 0. The first kappa shape index (κ1) is 24.0. The van der Waals surface area contributed by atoms with E-state index < -0.39 is 0 Å². The van der Waals surface area contributed by atoms with Crippen LogP contribution in [-0.4, -0.2) is 9.13 Å². The summed E-state index contributed by atoms with van der Waals surface area (Å²) in [4.78, 5) is 0. The van der Waals surface area contributed by atoms with E-state index in [9.17, 15) is 0 Å². The van der Waals surface area contributed by atoms with Crippen LogP contribution in [0.25, 0.3) is 82.3 Å². The van der Waals surface area contributed by atoms with Crippen LogP contribution in [0.1, 0.15) is 0 Å². The summed E-state index contributed by atoms with van der Waals surface area (Å²) >= 11 is 0. The summed E-state index contributed by atoms with van der Waals surface area (Å²) in [6.45, 7) is 0. The highest BCUT2D eigenvalue weighted by atomic mass is 15.0. The van der Waals surface area contributed by atoms with Gasteiger partial charge in [0.2, 0.25) is 0 Å². The maximum Gasteiger partial charge on any atom is 0.0541 e. The summed E-state index contributed by atoms with van der Waals surface area (Å²) in [5, 5.41) is 7.67. The largest absolute Gasteiger partial charge is 0.344 e. The van der Waals surface area contributed by atoms with Gasteiger partial charge in [0.25, 0.3) is 0 Å². The molecule has 2 heteroatoms. The predicted octanol–water partition coefficient (Wildman–Crippen LogP) is 10.9.